The van der Waals surface area contributed by atoms with Gasteiger partial charge in [0.05, 0.1) is 6.10 Å². The van der Waals surface area contributed by atoms with Crippen molar-refractivity contribution in [2.24, 2.45) is 5.92 Å². The molecular weight excluding hydrogens is 600 g/mol. The summed E-state index contributed by atoms with van der Waals surface area (Å²) in [6, 6.07) is 0. The third kappa shape index (κ3) is 36.7. The van der Waals surface area contributed by atoms with Crippen LogP contribution in [0.4, 0.5) is 0 Å². The molecule has 0 aliphatic rings. The Morgan fingerprint density at radius 1 is 0.500 bits per heavy atom. The number of carbonyl (C=O) groups is 2. The Bertz CT molecular complexity index is 843. The number of rotatable bonds is 34. The van der Waals surface area contributed by atoms with Crippen molar-refractivity contribution in [2.45, 2.75) is 187 Å². The van der Waals surface area contributed by atoms with Crippen molar-refractivity contribution in [3.05, 3.63) is 48.6 Å². The second-order valence-electron chi connectivity index (χ2n) is 13.7. The van der Waals surface area contributed by atoms with E-state index < -0.39 is 6.10 Å². The molecule has 48 heavy (non-hydrogen) atoms. The van der Waals surface area contributed by atoms with E-state index in [2.05, 4.69) is 62.5 Å². The van der Waals surface area contributed by atoms with Crippen LogP contribution in [0.1, 0.15) is 175 Å². The molecule has 0 amide bonds. The van der Waals surface area contributed by atoms with Crippen LogP contribution in [-0.4, -0.2) is 47.6 Å². The Hall–Kier alpha value is -2.18. The van der Waals surface area contributed by atoms with Crippen molar-refractivity contribution in [1.82, 2.24) is 0 Å². The fraction of sp³-hybridized carbons (Fsp3) is 0.762. The van der Waals surface area contributed by atoms with Gasteiger partial charge in [0.15, 0.2) is 0 Å². The van der Waals surface area contributed by atoms with E-state index in [0.717, 1.165) is 70.1 Å². The Balaban J connectivity index is 3.55. The van der Waals surface area contributed by atoms with E-state index in [1.54, 1.807) is 0 Å². The fourth-order valence-electron chi connectivity index (χ4n) is 5.24. The highest BCUT2D eigenvalue weighted by molar-refractivity contribution is 5.69. The summed E-state index contributed by atoms with van der Waals surface area (Å²) >= 11 is 0. The predicted molar refractivity (Wildman–Crippen MR) is 202 cm³/mol. The number of unbranched alkanes of at least 4 members (excludes halogenated alkanes) is 13. The van der Waals surface area contributed by atoms with Crippen LogP contribution < -0.4 is 0 Å². The van der Waals surface area contributed by atoms with E-state index >= 15 is 0 Å². The van der Waals surface area contributed by atoms with Crippen molar-refractivity contribution < 1.29 is 29.3 Å². The molecule has 0 heterocycles. The third-order valence-electron chi connectivity index (χ3n) is 8.41. The first kappa shape index (κ1) is 45.8. The van der Waals surface area contributed by atoms with E-state index in [4.69, 9.17) is 9.47 Å². The van der Waals surface area contributed by atoms with Crippen LogP contribution in [0.2, 0.25) is 0 Å². The van der Waals surface area contributed by atoms with Gasteiger partial charge >= 0.3 is 11.9 Å². The van der Waals surface area contributed by atoms with Gasteiger partial charge in [-0.25, -0.2) is 0 Å². The predicted octanol–water partition coefficient (Wildman–Crippen LogP) is 11.1. The summed E-state index contributed by atoms with van der Waals surface area (Å²) in [7, 11) is 0. The van der Waals surface area contributed by atoms with Gasteiger partial charge in [-0.3, -0.25) is 9.59 Å². The molecule has 6 heteroatoms. The third-order valence-corrected chi connectivity index (χ3v) is 8.41. The summed E-state index contributed by atoms with van der Waals surface area (Å²) in [4.78, 5) is 23.9. The number of aliphatic hydroxyl groups excluding tert-OH is 2. The van der Waals surface area contributed by atoms with Gasteiger partial charge in [-0.05, 0) is 63.7 Å². The lowest BCUT2D eigenvalue weighted by molar-refractivity contribution is -0.152. The molecule has 0 aliphatic carbocycles. The zero-order chi connectivity index (χ0) is 35.3. The number of ether oxygens (including phenoxy) is 2. The smallest absolute Gasteiger partial charge is 0.305 e. The molecule has 278 valence electrons. The molecule has 0 radical (unpaired) electrons. The van der Waals surface area contributed by atoms with Gasteiger partial charge in [-0.15, -0.1) is 0 Å². The molecule has 2 N–H and O–H groups in total. The van der Waals surface area contributed by atoms with Crippen LogP contribution in [0.25, 0.3) is 0 Å². The average molecular weight is 675 g/mol. The number of hydrogen-bond acceptors (Lipinski definition) is 6. The lowest BCUT2D eigenvalue weighted by atomic mass is 10.0. The summed E-state index contributed by atoms with van der Waals surface area (Å²) in [6.07, 6.45) is 41.1. The van der Waals surface area contributed by atoms with Crippen molar-refractivity contribution in [2.75, 3.05) is 13.2 Å². The zero-order valence-electron chi connectivity index (χ0n) is 31.3. The summed E-state index contributed by atoms with van der Waals surface area (Å²) < 4.78 is 10.3. The van der Waals surface area contributed by atoms with Crippen molar-refractivity contribution >= 4 is 11.9 Å². The van der Waals surface area contributed by atoms with Crippen LogP contribution in [0, 0.1) is 5.92 Å². The number of hydrogen-bond donors (Lipinski definition) is 2. The minimum Gasteiger partial charge on any atom is -0.463 e. The fourth-order valence-corrected chi connectivity index (χ4v) is 5.24. The minimum atomic E-state index is -0.994. The maximum absolute atomic E-state index is 12.0. The maximum atomic E-state index is 12.0. The van der Waals surface area contributed by atoms with Crippen LogP contribution in [0.15, 0.2) is 48.6 Å². The first-order valence-corrected chi connectivity index (χ1v) is 19.6. The Morgan fingerprint density at radius 3 is 1.35 bits per heavy atom. The number of allylic oxidation sites excluding steroid dienone is 8. The lowest BCUT2D eigenvalue weighted by Crippen LogP contribution is -2.25. The molecule has 0 aromatic heterocycles. The van der Waals surface area contributed by atoms with Gasteiger partial charge in [0.25, 0.3) is 0 Å². The summed E-state index contributed by atoms with van der Waals surface area (Å²) in [5.41, 5.74) is 0. The van der Waals surface area contributed by atoms with Crippen molar-refractivity contribution in [3.63, 3.8) is 0 Å². The lowest BCUT2D eigenvalue weighted by Gasteiger charge is -2.12. The standard InChI is InChI=1S/C42H74O6/c1-4-39(43)33-29-25-21-17-13-9-5-6-10-14-18-22-26-30-34-41(45)47-36-40(44)37-48-42(46)35-31-27-23-19-15-11-7-8-12-16-20-24-28-32-38(2)3/h6,9-10,13,18,21-22,25,38-40,43-44H,4-5,7-8,11-12,14-17,19-20,23-24,26-37H2,1-3H3/b10-6-,13-9-,22-18-,25-21-/t39-,40+/m0/s1. The highest BCUT2D eigenvalue weighted by atomic mass is 16.6. The zero-order valence-corrected chi connectivity index (χ0v) is 31.3. The second-order valence-corrected chi connectivity index (χ2v) is 13.7. The molecule has 0 saturated carbocycles. The molecule has 0 fully saturated rings. The molecule has 0 aromatic rings. The van der Waals surface area contributed by atoms with Gasteiger partial charge in [0, 0.05) is 12.8 Å². The number of esters is 2. The van der Waals surface area contributed by atoms with E-state index in [-0.39, 0.29) is 31.3 Å². The molecule has 0 spiro atoms. The molecule has 0 aromatic carbocycles. The van der Waals surface area contributed by atoms with E-state index in [1.165, 1.54) is 70.6 Å². The minimum absolute atomic E-state index is 0.141. The summed E-state index contributed by atoms with van der Waals surface area (Å²) in [5.74, 6) is 0.195. The van der Waals surface area contributed by atoms with Gasteiger partial charge in [0.1, 0.15) is 19.3 Å². The number of carbonyl (C=O) groups excluding carboxylic acids is 2. The van der Waals surface area contributed by atoms with Crippen LogP contribution >= 0.6 is 0 Å². The van der Waals surface area contributed by atoms with E-state index in [9.17, 15) is 19.8 Å². The largest absolute Gasteiger partial charge is 0.463 e. The SMILES string of the molecule is CC[C@H](O)CC/C=C\C/C=C\C/C=C\C/C=C\CCCC(=O)OC[C@@H](O)COC(=O)CCCCCCCCCCCCCCCC(C)C. The second kappa shape index (κ2) is 36.1. The quantitative estimate of drug-likeness (QED) is 0.0401. The van der Waals surface area contributed by atoms with Crippen LogP contribution in [-0.2, 0) is 19.1 Å². The first-order chi connectivity index (χ1) is 23.3. The Morgan fingerprint density at radius 2 is 0.896 bits per heavy atom. The monoisotopic (exact) mass is 675 g/mol. The highest BCUT2D eigenvalue weighted by Gasteiger charge is 2.12. The van der Waals surface area contributed by atoms with Crippen LogP contribution in [0.5, 0.6) is 0 Å². The molecule has 2 atom stereocenters. The average Bonchev–Trinajstić information content (AvgIpc) is 3.07. The normalized spacial score (nSPS) is 13.5. The molecule has 0 saturated heterocycles. The molecule has 0 bridgehead atoms. The molecule has 0 unspecified atom stereocenters. The Labute approximate surface area is 295 Å². The number of aliphatic hydroxyl groups is 2. The molecule has 6 nitrogen and oxygen atoms in total. The summed E-state index contributed by atoms with van der Waals surface area (Å²) in [5, 5.41) is 19.5. The van der Waals surface area contributed by atoms with E-state index in [1.807, 2.05) is 6.92 Å². The first-order valence-electron chi connectivity index (χ1n) is 19.6. The Kier molecular flexibility index (Phi) is 34.5. The van der Waals surface area contributed by atoms with Gasteiger partial charge < -0.3 is 19.7 Å². The highest BCUT2D eigenvalue weighted by Crippen LogP contribution is 2.15. The van der Waals surface area contributed by atoms with Gasteiger partial charge in [-0.2, -0.15) is 0 Å². The van der Waals surface area contributed by atoms with Gasteiger partial charge in [0.2, 0.25) is 0 Å². The van der Waals surface area contributed by atoms with Crippen LogP contribution in [0.3, 0.4) is 0 Å². The maximum Gasteiger partial charge on any atom is 0.305 e. The topological polar surface area (TPSA) is 93.1 Å². The molecular formula is C42H74O6. The van der Waals surface area contributed by atoms with Crippen molar-refractivity contribution in [1.29, 1.82) is 0 Å². The van der Waals surface area contributed by atoms with Gasteiger partial charge in [-0.1, -0.05) is 153 Å². The molecule has 0 rings (SSSR count). The summed E-state index contributed by atoms with van der Waals surface area (Å²) in [6.45, 7) is 6.32. The molecule has 0 aliphatic heterocycles. The van der Waals surface area contributed by atoms with E-state index in [0.29, 0.717) is 19.3 Å². The van der Waals surface area contributed by atoms with Crippen molar-refractivity contribution in [3.8, 4) is 0 Å².